The molecule has 0 amide bonds. The van der Waals surface area contributed by atoms with E-state index in [9.17, 15) is 43.2 Å². The molecule has 3 N–H and O–H groups in total. The van der Waals surface area contributed by atoms with Gasteiger partial charge in [-0.1, -0.05) is 324 Å². The highest BCUT2D eigenvalue weighted by Gasteiger charge is 2.30. The van der Waals surface area contributed by atoms with E-state index < -0.39 is 97.5 Å². The van der Waals surface area contributed by atoms with Crippen LogP contribution in [0.4, 0.5) is 0 Å². The zero-order chi connectivity index (χ0) is 67.9. The summed E-state index contributed by atoms with van der Waals surface area (Å²) in [4.78, 5) is 72.5. The molecule has 17 nitrogen and oxygen atoms in total. The first-order chi connectivity index (χ1) is 44.4. The number of aliphatic hydroxyl groups excluding tert-OH is 1. The highest BCUT2D eigenvalue weighted by Crippen LogP contribution is 2.45. The Morgan fingerprint density at radius 2 is 0.500 bits per heavy atom. The highest BCUT2D eigenvalue weighted by molar-refractivity contribution is 7.47. The van der Waals surface area contributed by atoms with Gasteiger partial charge in [-0.15, -0.1) is 0 Å². The Balaban J connectivity index is 5.18. The molecule has 0 aliphatic rings. The number of esters is 4. The van der Waals surface area contributed by atoms with Crippen LogP contribution in [0.1, 0.15) is 375 Å². The van der Waals surface area contributed by atoms with E-state index in [1.165, 1.54) is 180 Å². The molecule has 0 aliphatic carbocycles. The topological polar surface area (TPSA) is 237 Å². The summed E-state index contributed by atoms with van der Waals surface area (Å²) in [5, 5.41) is 10.6. The number of hydrogen-bond donors (Lipinski definition) is 3. The van der Waals surface area contributed by atoms with Crippen molar-refractivity contribution < 1.29 is 80.2 Å². The number of carbonyl (C=O) groups excluding carboxylic acids is 4. The third-order valence-corrected chi connectivity index (χ3v) is 18.9. The molecule has 92 heavy (non-hydrogen) atoms. The average molecular weight is 1350 g/mol. The number of ether oxygens (including phenoxy) is 4. The van der Waals surface area contributed by atoms with Crippen LogP contribution < -0.4 is 0 Å². The molecule has 546 valence electrons. The Morgan fingerprint density at radius 1 is 0.293 bits per heavy atom. The van der Waals surface area contributed by atoms with E-state index in [1.54, 1.807) is 0 Å². The summed E-state index contributed by atoms with van der Waals surface area (Å²) in [6.45, 7) is 9.49. The van der Waals surface area contributed by atoms with Crippen LogP contribution >= 0.6 is 15.6 Å². The van der Waals surface area contributed by atoms with Gasteiger partial charge in [-0.3, -0.25) is 37.3 Å². The number of unbranched alkanes of at least 4 members (excludes halogenated alkanes) is 42. The predicted molar refractivity (Wildman–Crippen MR) is 372 cm³/mol. The molecular weight excluding hydrogens is 1210 g/mol. The van der Waals surface area contributed by atoms with Gasteiger partial charge in [0.05, 0.1) is 26.4 Å². The van der Waals surface area contributed by atoms with Crippen molar-refractivity contribution in [1.82, 2.24) is 0 Å². The Bertz CT molecular complexity index is 1790. The predicted octanol–water partition coefficient (Wildman–Crippen LogP) is 21.2. The van der Waals surface area contributed by atoms with Gasteiger partial charge in [0.15, 0.2) is 12.2 Å². The summed E-state index contributed by atoms with van der Waals surface area (Å²) in [6.07, 6.45) is 51.7. The molecule has 2 unspecified atom stereocenters. The standard InChI is InChI=1S/C73H142O17P2/c1-7-9-11-13-15-16-17-18-19-20-21-22-27-30-33-39-45-51-57-72(77)89-69(62-84-71(76)56-50-44-38-32-29-26-24-23-25-28-31-36-41-47-53-65(3)4)64-88-92(81,82)86-60-67(74)59-85-91(79,80)87-63-68(61-83-70(75)55-49-43-35-14-12-10-8-2)90-73(78)58-52-46-40-34-37-42-48-54-66(5)6/h65-69,74H,7-64H2,1-6H3,(H,79,80)(H,81,82)/t67-,68+,69+/m0/s1. The number of hydrogen-bond acceptors (Lipinski definition) is 15. The van der Waals surface area contributed by atoms with Crippen LogP contribution in [0.15, 0.2) is 0 Å². The lowest BCUT2D eigenvalue weighted by atomic mass is 10.0. The van der Waals surface area contributed by atoms with Gasteiger partial charge in [-0.2, -0.15) is 0 Å². The number of phosphoric ester groups is 2. The molecule has 0 aromatic carbocycles. The first kappa shape index (κ1) is 90.1. The normalized spacial score (nSPS) is 14.1. The Hall–Kier alpha value is -1.94. The first-order valence-electron chi connectivity index (χ1n) is 38.0. The summed E-state index contributed by atoms with van der Waals surface area (Å²) in [5.74, 6) is -0.631. The SMILES string of the molecule is CCCCCCCCCCCCCCCCCCCCC(=O)O[C@H](COC(=O)CCCCCCCCCCCCCCCCC(C)C)COP(=O)(O)OC[C@@H](O)COP(=O)(O)OC[C@@H](COC(=O)CCCCCCCCC)OC(=O)CCCCCCCCCC(C)C. The van der Waals surface area contributed by atoms with Crippen molar-refractivity contribution in [3.63, 3.8) is 0 Å². The summed E-state index contributed by atoms with van der Waals surface area (Å²) in [5.41, 5.74) is 0. The van der Waals surface area contributed by atoms with Crippen molar-refractivity contribution in [2.45, 2.75) is 394 Å². The Kier molecular flexibility index (Phi) is 63.7. The highest BCUT2D eigenvalue weighted by atomic mass is 31.2. The van der Waals surface area contributed by atoms with Gasteiger partial charge in [0, 0.05) is 25.7 Å². The monoisotopic (exact) mass is 1350 g/mol. The fourth-order valence-corrected chi connectivity index (χ4v) is 12.7. The van der Waals surface area contributed by atoms with Crippen molar-refractivity contribution in [2.24, 2.45) is 11.8 Å². The van der Waals surface area contributed by atoms with Gasteiger partial charge >= 0.3 is 39.5 Å². The minimum absolute atomic E-state index is 0.103. The van der Waals surface area contributed by atoms with E-state index in [-0.39, 0.29) is 25.7 Å². The maximum absolute atomic E-state index is 13.1. The number of carbonyl (C=O) groups is 4. The van der Waals surface area contributed by atoms with Gasteiger partial charge in [-0.25, -0.2) is 9.13 Å². The van der Waals surface area contributed by atoms with Crippen molar-refractivity contribution in [3.8, 4) is 0 Å². The van der Waals surface area contributed by atoms with Crippen LogP contribution in [-0.2, 0) is 65.4 Å². The third kappa shape index (κ3) is 66.7. The van der Waals surface area contributed by atoms with Crippen LogP contribution in [0.2, 0.25) is 0 Å². The molecule has 19 heteroatoms. The fraction of sp³-hybridized carbons (Fsp3) is 0.945. The number of phosphoric acid groups is 2. The maximum atomic E-state index is 13.1. The van der Waals surface area contributed by atoms with Crippen molar-refractivity contribution in [3.05, 3.63) is 0 Å². The molecule has 0 bridgehead atoms. The molecule has 0 aromatic heterocycles. The van der Waals surface area contributed by atoms with Crippen LogP contribution in [0, 0.1) is 11.8 Å². The van der Waals surface area contributed by atoms with Crippen molar-refractivity contribution in [2.75, 3.05) is 39.6 Å². The minimum atomic E-state index is -4.95. The van der Waals surface area contributed by atoms with Crippen molar-refractivity contribution >= 4 is 39.5 Å². The van der Waals surface area contributed by atoms with E-state index in [1.807, 2.05) is 0 Å². The largest absolute Gasteiger partial charge is 0.472 e. The molecule has 0 saturated heterocycles. The molecular formula is C73H142O17P2. The van der Waals surface area contributed by atoms with Crippen molar-refractivity contribution in [1.29, 1.82) is 0 Å². The number of rotatable bonds is 72. The van der Waals surface area contributed by atoms with Gasteiger partial charge < -0.3 is 33.8 Å². The Labute approximate surface area is 562 Å². The zero-order valence-electron chi connectivity index (χ0n) is 59.9. The van der Waals surface area contributed by atoms with Crippen LogP contribution in [0.25, 0.3) is 0 Å². The molecule has 0 spiro atoms. The molecule has 0 saturated carbocycles. The third-order valence-electron chi connectivity index (χ3n) is 17.0. The van der Waals surface area contributed by atoms with E-state index in [0.717, 1.165) is 109 Å². The first-order valence-corrected chi connectivity index (χ1v) is 41.0. The van der Waals surface area contributed by atoms with E-state index in [2.05, 4.69) is 41.5 Å². The molecule has 0 radical (unpaired) electrons. The maximum Gasteiger partial charge on any atom is 0.472 e. The van der Waals surface area contributed by atoms with Gasteiger partial charge in [0.2, 0.25) is 0 Å². The molecule has 0 heterocycles. The summed E-state index contributed by atoms with van der Waals surface area (Å²) < 4.78 is 68.3. The summed E-state index contributed by atoms with van der Waals surface area (Å²) in [7, 11) is -9.90. The second-order valence-corrected chi connectivity index (χ2v) is 30.2. The van der Waals surface area contributed by atoms with Gasteiger partial charge in [0.25, 0.3) is 0 Å². The van der Waals surface area contributed by atoms with E-state index in [0.29, 0.717) is 31.6 Å². The molecule has 0 rings (SSSR count). The quantitative estimate of drug-likeness (QED) is 0.0222. The van der Waals surface area contributed by atoms with Crippen LogP contribution in [0.5, 0.6) is 0 Å². The zero-order valence-corrected chi connectivity index (χ0v) is 61.6. The average Bonchev–Trinajstić information content (AvgIpc) is 1.46. The van der Waals surface area contributed by atoms with Gasteiger partial charge in [-0.05, 0) is 37.5 Å². The summed E-state index contributed by atoms with van der Waals surface area (Å²) >= 11 is 0. The lowest BCUT2D eigenvalue weighted by molar-refractivity contribution is -0.161. The minimum Gasteiger partial charge on any atom is -0.462 e. The summed E-state index contributed by atoms with van der Waals surface area (Å²) in [6, 6.07) is 0. The molecule has 0 aliphatic heterocycles. The molecule has 5 atom stereocenters. The molecule has 0 aromatic rings. The lowest BCUT2D eigenvalue weighted by Gasteiger charge is -2.21. The smallest absolute Gasteiger partial charge is 0.462 e. The molecule has 0 fully saturated rings. The second kappa shape index (κ2) is 65.0. The van der Waals surface area contributed by atoms with Crippen LogP contribution in [-0.4, -0.2) is 96.7 Å². The lowest BCUT2D eigenvalue weighted by Crippen LogP contribution is -2.30. The Morgan fingerprint density at radius 3 is 0.739 bits per heavy atom. The fourth-order valence-electron chi connectivity index (χ4n) is 11.1. The van der Waals surface area contributed by atoms with Crippen LogP contribution in [0.3, 0.4) is 0 Å². The van der Waals surface area contributed by atoms with Gasteiger partial charge in [0.1, 0.15) is 19.3 Å². The van der Waals surface area contributed by atoms with E-state index in [4.69, 9.17) is 37.0 Å². The number of aliphatic hydroxyl groups is 1. The van der Waals surface area contributed by atoms with E-state index >= 15 is 0 Å². The second-order valence-electron chi connectivity index (χ2n) is 27.3.